The Kier molecular flexibility index (Phi) is 8.64. The molecule has 0 saturated carbocycles. The topological polar surface area (TPSA) is 81.2 Å². The molecule has 1 N–H and O–H groups in total. The van der Waals surface area contributed by atoms with Crippen molar-refractivity contribution in [2.75, 3.05) is 11.9 Å². The Balaban J connectivity index is 1.64. The molecule has 0 saturated heterocycles. The van der Waals surface area contributed by atoms with E-state index in [0.717, 1.165) is 12.8 Å². The van der Waals surface area contributed by atoms with Crippen LogP contribution in [-0.4, -0.2) is 28.5 Å². The van der Waals surface area contributed by atoms with Crippen LogP contribution in [0.4, 0.5) is 5.69 Å². The molecule has 0 atom stereocenters. The summed E-state index contributed by atoms with van der Waals surface area (Å²) in [5.74, 6) is -0.149. The van der Waals surface area contributed by atoms with Gasteiger partial charge in [-0.2, -0.15) is 0 Å². The van der Waals surface area contributed by atoms with Gasteiger partial charge in [0.2, 0.25) is 0 Å². The van der Waals surface area contributed by atoms with E-state index in [4.69, 9.17) is 16.3 Å². The summed E-state index contributed by atoms with van der Waals surface area (Å²) < 4.78 is 5.19. The summed E-state index contributed by atoms with van der Waals surface area (Å²) in [6, 6.07) is 14.6. The molecule has 1 heterocycles. The highest BCUT2D eigenvalue weighted by Crippen LogP contribution is 2.24. The molecular formula is C24H24ClN3O3S. The number of benzene rings is 2. The highest BCUT2D eigenvalue weighted by atomic mass is 35.5. The number of hydrogen-bond donors (Lipinski definition) is 1. The molecule has 0 unspecified atom stereocenters. The van der Waals surface area contributed by atoms with Crippen molar-refractivity contribution in [1.29, 1.82) is 0 Å². The summed E-state index contributed by atoms with van der Waals surface area (Å²) >= 11 is 7.61. The fourth-order valence-corrected chi connectivity index (χ4v) is 3.83. The molecule has 0 radical (unpaired) electrons. The Morgan fingerprint density at radius 1 is 1.12 bits per heavy atom. The number of amides is 1. The van der Waals surface area contributed by atoms with Crippen LogP contribution in [-0.2, 0) is 10.5 Å². The van der Waals surface area contributed by atoms with Crippen LogP contribution in [0.2, 0.25) is 5.02 Å². The third-order valence-electron chi connectivity index (χ3n) is 4.66. The van der Waals surface area contributed by atoms with Crippen molar-refractivity contribution in [1.82, 2.24) is 9.97 Å². The first kappa shape index (κ1) is 23.8. The fourth-order valence-electron chi connectivity index (χ4n) is 2.77. The third kappa shape index (κ3) is 6.55. The van der Waals surface area contributed by atoms with E-state index in [1.807, 2.05) is 32.0 Å². The molecule has 2 aromatic carbocycles. The highest BCUT2D eigenvalue weighted by molar-refractivity contribution is 7.98. The lowest BCUT2D eigenvalue weighted by molar-refractivity contribution is 0.0499. The number of ether oxygens (including phenoxy) is 1. The SMILES string of the molecule is CCCCOC(=O)c1ccc(NC(=O)c2nc(SCc3ccccc3C)ncc2Cl)cc1. The van der Waals surface area contributed by atoms with E-state index < -0.39 is 5.91 Å². The lowest BCUT2D eigenvalue weighted by atomic mass is 10.1. The molecule has 8 heteroatoms. The summed E-state index contributed by atoms with van der Waals surface area (Å²) in [5.41, 5.74) is 3.40. The number of unbranched alkanes of at least 4 members (excludes halogenated alkanes) is 1. The molecule has 0 aliphatic rings. The quantitative estimate of drug-likeness (QED) is 0.181. The molecule has 0 aliphatic heterocycles. The molecule has 1 amide bonds. The second-order valence-electron chi connectivity index (χ2n) is 7.09. The highest BCUT2D eigenvalue weighted by Gasteiger charge is 2.16. The van der Waals surface area contributed by atoms with Crippen LogP contribution in [0, 0.1) is 6.92 Å². The number of rotatable bonds is 9. The summed E-state index contributed by atoms with van der Waals surface area (Å²) in [6.07, 6.45) is 3.21. The molecule has 0 aliphatic carbocycles. The number of nitrogens with one attached hydrogen (secondary N) is 1. The second-order valence-corrected chi connectivity index (χ2v) is 8.43. The number of aryl methyl sites for hydroxylation is 1. The Morgan fingerprint density at radius 2 is 1.88 bits per heavy atom. The van der Waals surface area contributed by atoms with Crippen molar-refractivity contribution in [2.24, 2.45) is 0 Å². The summed E-state index contributed by atoms with van der Waals surface area (Å²) in [5, 5.41) is 3.38. The summed E-state index contributed by atoms with van der Waals surface area (Å²) in [4.78, 5) is 33.3. The van der Waals surface area contributed by atoms with Gasteiger partial charge in [-0.15, -0.1) is 0 Å². The largest absolute Gasteiger partial charge is 0.462 e. The Labute approximate surface area is 196 Å². The van der Waals surface area contributed by atoms with Crippen LogP contribution in [0.25, 0.3) is 0 Å². The van der Waals surface area contributed by atoms with Gasteiger partial charge in [0, 0.05) is 11.4 Å². The van der Waals surface area contributed by atoms with E-state index in [9.17, 15) is 9.59 Å². The van der Waals surface area contributed by atoms with Crippen molar-refractivity contribution in [3.8, 4) is 0 Å². The fraction of sp³-hybridized carbons (Fsp3) is 0.250. The van der Waals surface area contributed by atoms with Gasteiger partial charge in [0.1, 0.15) is 0 Å². The van der Waals surface area contributed by atoms with E-state index in [0.29, 0.717) is 28.8 Å². The predicted molar refractivity (Wildman–Crippen MR) is 127 cm³/mol. The first-order valence-corrected chi connectivity index (χ1v) is 11.6. The van der Waals surface area contributed by atoms with Gasteiger partial charge in [0.05, 0.1) is 23.4 Å². The number of anilines is 1. The third-order valence-corrected chi connectivity index (χ3v) is 5.85. The summed E-state index contributed by atoms with van der Waals surface area (Å²) in [6.45, 7) is 4.47. The number of carbonyl (C=O) groups is 2. The lowest BCUT2D eigenvalue weighted by Gasteiger charge is -2.09. The maximum absolute atomic E-state index is 12.7. The van der Waals surface area contributed by atoms with Crippen LogP contribution >= 0.6 is 23.4 Å². The van der Waals surface area contributed by atoms with E-state index in [1.54, 1.807) is 24.3 Å². The maximum Gasteiger partial charge on any atom is 0.338 e. The number of halogens is 1. The minimum atomic E-state index is -0.451. The molecular weight excluding hydrogens is 446 g/mol. The first-order valence-electron chi connectivity index (χ1n) is 10.3. The molecule has 3 aromatic rings. The van der Waals surface area contributed by atoms with Crippen molar-refractivity contribution in [3.63, 3.8) is 0 Å². The van der Waals surface area contributed by atoms with Crippen molar-refractivity contribution >= 4 is 40.9 Å². The monoisotopic (exact) mass is 469 g/mol. The minimum Gasteiger partial charge on any atom is -0.462 e. The zero-order valence-corrected chi connectivity index (χ0v) is 19.5. The van der Waals surface area contributed by atoms with E-state index in [2.05, 4.69) is 21.4 Å². The molecule has 6 nitrogen and oxygen atoms in total. The van der Waals surface area contributed by atoms with Crippen LogP contribution < -0.4 is 5.32 Å². The normalized spacial score (nSPS) is 10.6. The predicted octanol–water partition coefficient (Wildman–Crippen LogP) is 5.94. The maximum atomic E-state index is 12.7. The number of hydrogen-bond acceptors (Lipinski definition) is 6. The molecule has 0 bridgehead atoms. The van der Waals surface area contributed by atoms with Crippen LogP contribution in [0.15, 0.2) is 59.9 Å². The van der Waals surface area contributed by atoms with Crippen molar-refractivity contribution in [3.05, 3.63) is 82.1 Å². The van der Waals surface area contributed by atoms with Gasteiger partial charge < -0.3 is 10.1 Å². The zero-order valence-electron chi connectivity index (χ0n) is 17.9. The lowest BCUT2D eigenvalue weighted by Crippen LogP contribution is -2.15. The zero-order chi connectivity index (χ0) is 22.9. The molecule has 166 valence electrons. The van der Waals surface area contributed by atoms with Gasteiger partial charge in [-0.25, -0.2) is 14.8 Å². The Hall–Kier alpha value is -2.90. The molecule has 0 fully saturated rings. The first-order chi connectivity index (χ1) is 15.5. The Bertz CT molecular complexity index is 1090. The molecule has 32 heavy (non-hydrogen) atoms. The van der Waals surface area contributed by atoms with Crippen LogP contribution in [0.1, 0.15) is 51.7 Å². The van der Waals surface area contributed by atoms with Gasteiger partial charge in [-0.05, 0) is 48.7 Å². The second kappa shape index (κ2) is 11.6. The number of thioether (sulfide) groups is 1. The smallest absolute Gasteiger partial charge is 0.338 e. The summed E-state index contributed by atoms with van der Waals surface area (Å²) in [7, 11) is 0. The number of nitrogens with zero attached hydrogens (tertiary/aromatic N) is 2. The average molecular weight is 470 g/mol. The van der Waals surface area contributed by atoms with E-state index >= 15 is 0 Å². The van der Waals surface area contributed by atoms with E-state index in [1.165, 1.54) is 29.1 Å². The number of carbonyl (C=O) groups excluding carboxylic acids is 2. The van der Waals surface area contributed by atoms with Crippen molar-refractivity contribution < 1.29 is 14.3 Å². The van der Waals surface area contributed by atoms with Gasteiger partial charge in [0.15, 0.2) is 10.9 Å². The Morgan fingerprint density at radius 3 is 2.59 bits per heavy atom. The van der Waals surface area contributed by atoms with Crippen LogP contribution in [0.5, 0.6) is 0 Å². The van der Waals surface area contributed by atoms with Gasteiger partial charge in [-0.1, -0.05) is 61.0 Å². The number of esters is 1. The van der Waals surface area contributed by atoms with Gasteiger partial charge >= 0.3 is 5.97 Å². The minimum absolute atomic E-state index is 0.0944. The van der Waals surface area contributed by atoms with Gasteiger partial charge in [-0.3, -0.25) is 4.79 Å². The van der Waals surface area contributed by atoms with Gasteiger partial charge in [0.25, 0.3) is 5.91 Å². The van der Waals surface area contributed by atoms with Crippen LogP contribution in [0.3, 0.4) is 0 Å². The molecule has 3 rings (SSSR count). The molecule has 0 spiro atoms. The number of aromatic nitrogens is 2. The molecule has 1 aromatic heterocycles. The van der Waals surface area contributed by atoms with Crippen molar-refractivity contribution in [2.45, 2.75) is 37.6 Å². The van der Waals surface area contributed by atoms with E-state index in [-0.39, 0.29) is 16.7 Å². The average Bonchev–Trinajstić information content (AvgIpc) is 2.80. The standard InChI is InChI=1S/C24H24ClN3O3S/c1-3-4-13-31-23(30)17-9-11-19(12-10-17)27-22(29)21-20(25)14-26-24(28-21)32-15-18-8-6-5-7-16(18)2/h5-12,14H,3-4,13,15H2,1-2H3,(H,27,29).